The second-order valence-electron chi connectivity index (χ2n) is 4.30. The van der Waals surface area contributed by atoms with Gasteiger partial charge in [0.15, 0.2) is 0 Å². The summed E-state index contributed by atoms with van der Waals surface area (Å²) in [6.07, 6.45) is 3.63. The Morgan fingerprint density at radius 1 is 1.50 bits per heavy atom. The molecular formula is C11H19BNO. The zero-order valence-corrected chi connectivity index (χ0v) is 9.20. The molecule has 0 N–H and O–H groups in total. The molecule has 1 aliphatic heterocycles. The van der Waals surface area contributed by atoms with Crippen molar-refractivity contribution in [1.29, 1.82) is 0 Å². The number of nitrogens with zero attached hydrogens (tertiary/aromatic N) is 1. The van der Waals surface area contributed by atoms with Crippen LogP contribution in [0.1, 0.15) is 26.7 Å². The molecule has 77 valence electrons. The fourth-order valence-electron chi connectivity index (χ4n) is 1.99. The molecule has 0 saturated carbocycles. The van der Waals surface area contributed by atoms with Crippen LogP contribution in [-0.2, 0) is 4.79 Å². The van der Waals surface area contributed by atoms with Crippen LogP contribution in [0.25, 0.3) is 0 Å². The van der Waals surface area contributed by atoms with Crippen molar-refractivity contribution >= 4 is 13.2 Å². The van der Waals surface area contributed by atoms with E-state index in [0.29, 0.717) is 11.6 Å². The summed E-state index contributed by atoms with van der Waals surface area (Å²) in [4.78, 5) is 13.2. The van der Waals surface area contributed by atoms with Gasteiger partial charge in [0.1, 0.15) is 7.28 Å². The zero-order valence-electron chi connectivity index (χ0n) is 9.20. The van der Waals surface area contributed by atoms with Crippen molar-refractivity contribution in [2.24, 2.45) is 0 Å². The standard InChI is InChI=1S/C11H19BNO/c1-4-11(14)13-7-5-10(6-8-13)12-9(2)3/h4,9-10H,1,5-8H2,2-3H3. The number of piperidine rings is 1. The third-order valence-electron chi connectivity index (χ3n) is 2.68. The molecule has 1 heterocycles. The van der Waals surface area contributed by atoms with Gasteiger partial charge < -0.3 is 4.90 Å². The average Bonchev–Trinajstić information content (AvgIpc) is 2.17. The molecule has 2 nitrogen and oxygen atoms in total. The molecule has 1 fully saturated rings. The van der Waals surface area contributed by atoms with Gasteiger partial charge in [-0.25, -0.2) is 0 Å². The molecule has 1 saturated heterocycles. The number of amides is 1. The maximum Gasteiger partial charge on any atom is 0.245 e. The van der Waals surface area contributed by atoms with Gasteiger partial charge in [0.2, 0.25) is 5.91 Å². The van der Waals surface area contributed by atoms with Crippen molar-refractivity contribution < 1.29 is 4.79 Å². The Labute approximate surface area is 87.6 Å². The molecule has 0 aromatic rings. The number of carbonyl (C=O) groups is 1. The monoisotopic (exact) mass is 192 g/mol. The first-order valence-electron chi connectivity index (χ1n) is 5.39. The number of carbonyl (C=O) groups excluding carboxylic acids is 1. The van der Waals surface area contributed by atoms with Crippen LogP contribution in [0.2, 0.25) is 11.6 Å². The van der Waals surface area contributed by atoms with Crippen molar-refractivity contribution in [3.05, 3.63) is 12.7 Å². The van der Waals surface area contributed by atoms with E-state index in [1.54, 1.807) is 0 Å². The van der Waals surface area contributed by atoms with Gasteiger partial charge in [0.25, 0.3) is 0 Å². The lowest BCUT2D eigenvalue weighted by Crippen LogP contribution is -2.37. The van der Waals surface area contributed by atoms with Crippen LogP contribution in [-0.4, -0.2) is 31.2 Å². The molecule has 0 unspecified atom stereocenters. The SMILES string of the molecule is C=CC(=O)N1CCC([B]C(C)C)CC1. The Morgan fingerprint density at radius 3 is 2.50 bits per heavy atom. The van der Waals surface area contributed by atoms with Gasteiger partial charge in [0.05, 0.1) is 0 Å². The fraction of sp³-hybridized carbons (Fsp3) is 0.727. The quantitative estimate of drug-likeness (QED) is 0.495. The molecule has 0 aromatic carbocycles. The highest BCUT2D eigenvalue weighted by molar-refractivity contribution is 6.39. The first kappa shape index (κ1) is 11.4. The first-order chi connectivity index (χ1) is 6.63. The van der Waals surface area contributed by atoms with Crippen molar-refractivity contribution in [2.45, 2.75) is 38.3 Å². The van der Waals surface area contributed by atoms with Gasteiger partial charge >= 0.3 is 0 Å². The maximum atomic E-state index is 11.3. The molecule has 14 heavy (non-hydrogen) atoms. The Hall–Kier alpha value is -0.725. The third-order valence-corrected chi connectivity index (χ3v) is 2.68. The van der Waals surface area contributed by atoms with Crippen LogP contribution in [0.15, 0.2) is 12.7 Å². The van der Waals surface area contributed by atoms with E-state index < -0.39 is 0 Å². The van der Waals surface area contributed by atoms with E-state index in [4.69, 9.17) is 0 Å². The molecule has 0 bridgehead atoms. The van der Waals surface area contributed by atoms with Crippen LogP contribution in [0.4, 0.5) is 0 Å². The topological polar surface area (TPSA) is 20.3 Å². The van der Waals surface area contributed by atoms with Gasteiger partial charge in [-0.2, -0.15) is 0 Å². The molecule has 0 spiro atoms. The predicted molar refractivity (Wildman–Crippen MR) is 60.6 cm³/mol. The van der Waals surface area contributed by atoms with E-state index >= 15 is 0 Å². The molecule has 0 atom stereocenters. The first-order valence-corrected chi connectivity index (χ1v) is 5.39. The normalized spacial score (nSPS) is 18.4. The van der Waals surface area contributed by atoms with E-state index in [2.05, 4.69) is 27.7 Å². The Balaban J connectivity index is 2.31. The Bertz CT molecular complexity index is 207. The molecule has 0 aliphatic carbocycles. The summed E-state index contributed by atoms with van der Waals surface area (Å²) in [5, 5.41) is 0. The minimum Gasteiger partial charge on any atom is -0.339 e. The van der Waals surface area contributed by atoms with Crippen LogP contribution in [0, 0.1) is 0 Å². The number of hydrogen-bond acceptors (Lipinski definition) is 1. The summed E-state index contributed by atoms with van der Waals surface area (Å²) in [5.74, 6) is 1.43. The maximum absolute atomic E-state index is 11.3. The number of rotatable bonds is 3. The predicted octanol–water partition coefficient (Wildman–Crippen LogP) is 2.12. The lowest BCUT2D eigenvalue weighted by atomic mass is 9.53. The Morgan fingerprint density at radius 2 is 2.07 bits per heavy atom. The summed E-state index contributed by atoms with van der Waals surface area (Å²) in [7, 11) is 2.40. The minimum absolute atomic E-state index is 0.0768. The van der Waals surface area contributed by atoms with E-state index in [1.165, 1.54) is 6.08 Å². The van der Waals surface area contributed by atoms with Crippen molar-refractivity contribution in [1.82, 2.24) is 4.90 Å². The second kappa shape index (κ2) is 5.23. The molecule has 0 aromatic heterocycles. The summed E-state index contributed by atoms with van der Waals surface area (Å²) in [5.41, 5.74) is 0. The lowest BCUT2D eigenvalue weighted by Gasteiger charge is -2.31. The van der Waals surface area contributed by atoms with Gasteiger partial charge in [-0.3, -0.25) is 4.79 Å². The van der Waals surface area contributed by atoms with E-state index in [-0.39, 0.29) is 5.91 Å². The Kier molecular flexibility index (Phi) is 4.24. The summed E-state index contributed by atoms with van der Waals surface area (Å²) >= 11 is 0. The van der Waals surface area contributed by atoms with Crippen LogP contribution in [0.5, 0.6) is 0 Å². The summed E-state index contributed by atoms with van der Waals surface area (Å²) in [6, 6.07) is 0. The van der Waals surface area contributed by atoms with Gasteiger partial charge in [-0.1, -0.05) is 32.1 Å². The zero-order chi connectivity index (χ0) is 10.6. The highest BCUT2D eigenvalue weighted by Gasteiger charge is 2.22. The van der Waals surface area contributed by atoms with Gasteiger partial charge in [-0.15, -0.1) is 0 Å². The van der Waals surface area contributed by atoms with E-state index in [0.717, 1.165) is 25.9 Å². The lowest BCUT2D eigenvalue weighted by molar-refractivity contribution is -0.126. The van der Waals surface area contributed by atoms with E-state index in [9.17, 15) is 4.79 Å². The van der Waals surface area contributed by atoms with Crippen LogP contribution < -0.4 is 0 Å². The van der Waals surface area contributed by atoms with Crippen LogP contribution >= 0.6 is 0 Å². The fourth-order valence-corrected chi connectivity index (χ4v) is 1.99. The van der Waals surface area contributed by atoms with E-state index in [1.807, 2.05) is 4.90 Å². The molecule has 1 radical (unpaired) electrons. The smallest absolute Gasteiger partial charge is 0.245 e. The molecule has 1 amide bonds. The van der Waals surface area contributed by atoms with Crippen molar-refractivity contribution in [2.75, 3.05) is 13.1 Å². The van der Waals surface area contributed by atoms with Crippen molar-refractivity contribution in [3.8, 4) is 0 Å². The summed E-state index contributed by atoms with van der Waals surface area (Å²) < 4.78 is 0. The average molecular weight is 192 g/mol. The molecular weight excluding hydrogens is 173 g/mol. The summed E-state index contributed by atoms with van der Waals surface area (Å²) in [6.45, 7) is 9.70. The molecule has 3 heteroatoms. The third kappa shape index (κ3) is 3.20. The molecule has 1 rings (SSSR count). The largest absolute Gasteiger partial charge is 0.339 e. The van der Waals surface area contributed by atoms with Gasteiger partial charge in [-0.05, 0) is 18.9 Å². The highest BCUT2D eigenvalue weighted by atomic mass is 16.2. The van der Waals surface area contributed by atoms with Crippen molar-refractivity contribution in [3.63, 3.8) is 0 Å². The number of likely N-dealkylation sites (tertiary alicyclic amines) is 1. The van der Waals surface area contributed by atoms with Gasteiger partial charge in [0, 0.05) is 13.1 Å². The minimum atomic E-state index is 0.0768. The number of hydrogen-bond donors (Lipinski definition) is 0. The molecule has 1 aliphatic rings. The van der Waals surface area contributed by atoms with Crippen LogP contribution in [0.3, 0.4) is 0 Å². The second-order valence-corrected chi connectivity index (χ2v) is 4.30. The highest BCUT2D eigenvalue weighted by Crippen LogP contribution is 2.25.